The largest absolute Gasteiger partial charge is 0.508 e. The minimum Gasteiger partial charge on any atom is -0.508 e. The third-order valence-corrected chi connectivity index (χ3v) is 7.17. The van der Waals surface area contributed by atoms with Gasteiger partial charge in [-0.1, -0.05) is 26.7 Å². The molecule has 1 aliphatic carbocycles. The molecule has 0 radical (unpaired) electrons. The lowest BCUT2D eigenvalue weighted by molar-refractivity contribution is -0.0443. The molecule has 4 bridgehead atoms. The first-order valence-electron chi connectivity index (χ1n) is 10.2. The molecule has 1 saturated carbocycles. The topological polar surface area (TPSA) is 36.6 Å². The number of benzene rings is 1. The van der Waals surface area contributed by atoms with Gasteiger partial charge >= 0.3 is 0 Å². The van der Waals surface area contributed by atoms with E-state index in [1.54, 1.807) is 6.07 Å². The summed E-state index contributed by atoms with van der Waals surface area (Å²) in [5.74, 6) is 3.78. The highest BCUT2D eigenvalue weighted by Gasteiger charge is 2.51. The fourth-order valence-corrected chi connectivity index (χ4v) is 6.24. The molecule has 3 fully saturated rings. The highest BCUT2D eigenvalue weighted by atomic mass is 16.3. The molecule has 2 aromatic rings. The molecule has 25 heavy (non-hydrogen) atoms. The van der Waals surface area contributed by atoms with Gasteiger partial charge in [0, 0.05) is 35.5 Å². The van der Waals surface area contributed by atoms with Gasteiger partial charge in [-0.25, -0.2) is 0 Å². The number of fused-ring (bicyclic) bond motifs is 4. The van der Waals surface area contributed by atoms with Crippen molar-refractivity contribution < 1.29 is 9.52 Å². The molecule has 1 N–H and O–H groups in total. The first-order valence-corrected chi connectivity index (χ1v) is 10.2. The third kappa shape index (κ3) is 2.28. The Morgan fingerprint density at radius 2 is 2.12 bits per heavy atom. The standard InChI is InChI=1S/C22H29NO2/c1-3-5-15-10-18-17-11-16(24)6-7-20(17)25-22(18)19-9-13-8-14(4-2)21(19)23(15)12-13/h6-7,11,13-15,19,21,24H,3-5,8-10,12H2,1-2H3/t13-,14+,15-,19+,21?/m0/s1. The Balaban J connectivity index is 1.69. The van der Waals surface area contributed by atoms with Crippen LogP contribution in [0.2, 0.25) is 0 Å². The molecular formula is C22H29NO2. The lowest BCUT2D eigenvalue weighted by atomic mass is 9.65. The van der Waals surface area contributed by atoms with Crippen LogP contribution in [0.5, 0.6) is 5.75 Å². The summed E-state index contributed by atoms with van der Waals surface area (Å²) in [7, 11) is 0. The maximum absolute atomic E-state index is 10.0. The number of aromatic hydroxyl groups is 1. The summed E-state index contributed by atoms with van der Waals surface area (Å²) in [6.07, 6.45) is 7.55. The lowest BCUT2D eigenvalue weighted by Gasteiger charge is -2.55. The van der Waals surface area contributed by atoms with Crippen molar-refractivity contribution in [3.8, 4) is 5.75 Å². The second-order valence-electron chi connectivity index (χ2n) is 8.57. The number of piperidine rings is 2. The van der Waals surface area contributed by atoms with Crippen molar-refractivity contribution in [2.45, 2.75) is 70.4 Å². The fraction of sp³-hybridized carbons (Fsp3) is 0.636. The molecule has 1 aromatic carbocycles. The predicted octanol–water partition coefficient (Wildman–Crippen LogP) is 5.07. The van der Waals surface area contributed by atoms with Crippen LogP contribution in [0.1, 0.15) is 63.2 Å². The number of phenols is 1. The van der Waals surface area contributed by atoms with Crippen molar-refractivity contribution in [3.63, 3.8) is 0 Å². The molecule has 3 heteroatoms. The summed E-state index contributed by atoms with van der Waals surface area (Å²) < 4.78 is 6.45. The van der Waals surface area contributed by atoms with Crippen LogP contribution in [0.15, 0.2) is 22.6 Å². The molecule has 2 saturated heterocycles. The third-order valence-electron chi connectivity index (χ3n) is 7.17. The van der Waals surface area contributed by atoms with Crippen LogP contribution >= 0.6 is 0 Å². The minimum absolute atomic E-state index is 0.351. The molecule has 6 atom stereocenters. The van der Waals surface area contributed by atoms with Gasteiger partial charge in [0.2, 0.25) is 0 Å². The number of rotatable bonds is 3. The quantitative estimate of drug-likeness (QED) is 0.848. The van der Waals surface area contributed by atoms with Crippen molar-refractivity contribution in [1.29, 1.82) is 0 Å². The van der Waals surface area contributed by atoms with E-state index >= 15 is 0 Å². The van der Waals surface area contributed by atoms with E-state index in [4.69, 9.17) is 4.42 Å². The summed E-state index contributed by atoms with van der Waals surface area (Å²) in [5.41, 5.74) is 2.35. The lowest BCUT2D eigenvalue weighted by Crippen LogP contribution is -2.59. The van der Waals surface area contributed by atoms with Crippen molar-refractivity contribution in [3.05, 3.63) is 29.5 Å². The normalized spacial score (nSPS) is 36.4. The first kappa shape index (κ1) is 15.7. The zero-order valence-corrected chi connectivity index (χ0v) is 15.4. The van der Waals surface area contributed by atoms with Gasteiger partial charge in [0.15, 0.2) is 0 Å². The molecule has 134 valence electrons. The van der Waals surface area contributed by atoms with Crippen LogP contribution in [0.3, 0.4) is 0 Å². The van der Waals surface area contributed by atoms with Gasteiger partial charge in [-0.05, 0) is 55.7 Å². The van der Waals surface area contributed by atoms with E-state index in [-0.39, 0.29) is 0 Å². The molecule has 3 aliphatic heterocycles. The summed E-state index contributed by atoms with van der Waals surface area (Å²) in [6.45, 7) is 5.96. The van der Waals surface area contributed by atoms with E-state index < -0.39 is 0 Å². The van der Waals surface area contributed by atoms with Crippen LogP contribution in [0.25, 0.3) is 11.0 Å². The van der Waals surface area contributed by atoms with Gasteiger partial charge in [-0.3, -0.25) is 4.90 Å². The maximum Gasteiger partial charge on any atom is 0.134 e. The van der Waals surface area contributed by atoms with Crippen LogP contribution in [0, 0.1) is 11.8 Å². The Hall–Kier alpha value is -1.48. The first-order chi connectivity index (χ1) is 12.2. The highest BCUT2D eigenvalue weighted by Crippen LogP contribution is 2.53. The van der Waals surface area contributed by atoms with E-state index in [1.165, 1.54) is 50.0 Å². The Morgan fingerprint density at radius 1 is 1.24 bits per heavy atom. The Morgan fingerprint density at radius 3 is 2.92 bits per heavy atom. The molecule has 4 aliphatic rings. The molecule has 2 unspecified atom stereocenters. The second kappa shape index (κ2) is 5.77. The summed E-state index contributed by atoms with van der Waals surface area (Å²) in [4.78, 5) is 2.87. The zero-order chi connectivity index (χ0) is 17.1. The molecule has 3 nitrogen and oxygen atoms in total. The molecule has 6 rings (SSSR count). The molecule has 0 spiro atoms. The molecule has 4 heterocycles. The van der Waals surface area contributed by atoms with Gasteiger partial charge in [-0.2, -0.15) is 0 Å². The van der Waals surface area contributed by atoms with Crippen LogP contribution < -0.4 is 0 Å². The number of hydrogen-bond donors (Lipinski definition) is 1. The predicted molar refractivity (Wildman–Crippen MR) is 100 cm³/mol. The highest BCUT2D eigenvalue weighted by molar-refractivity contribution is 5.84. The summed E-state index contributed by atoms with van der Waals surface area (Å²) in [5, 5.41) is 11.2. The Labute approximate surface area is 150 Å². The van der Waals surface area contributed by atoms with E-state index in [0.717, 1.165) is 29.2 Å². The average Bonchev–Trinajstić information content (AvgIpc) is 2.94. The second-order valence-corrected chi connectivity index (χ2v) is 8.57. The fourth-order valence-electron chi connectivity index (χ4n) is 6.24. The van der Waals surface area contributed by atoms with Crippen molar-refractivity contribution >= 4 is 11.0 Å². The molecule has 0 amide bonds. The summed E-state index contributed by atoms with van der Waals surface area (Å²) >= 11 is 0. The van der Waals surface area contributed by atoms with Crippen LogP contribution in [-0.2, 0) is 6.42 Å². The smallest absolute Gasteiger partial charge is 0.134 e. The Kier molecular flexibility index (Phi) is 3.63. The monoisotopic (exact) mass is 339 g/mol. The summed E-state index contributed by atoms with van der Waals surface area (Å²) in [6, 6.07) is 6.90. The van der Waals surface area contributed by atoms with Crippen molar-refractivity contribution in [2.75, 3.05) is 6.54 Å². The SMILES string of the molecule is CCC[C@H]1Cc2c(oc3ccc(O)cc23)[C@@H]2C[C@@H]3C[C@@H](CC)C2N1C3. The van der Waals surface area contributed by atoms with Gasteiger partial charge in [-0.15, -0.1) is 0 Å². The number of hydrogen-bond acceptors (Lipinski definition) is 3. The maximum atomic E-state index is 10.0. The van der Waals surface area contributed by atoms with E-state index in [2.05, 4.69) is 18.7 Å². The average molecular weight is 339 g/mol. The van der Waals surface area contributed by atoms with E-state index in [0.29, 0.717) is 23.8 Å². The van der Waals surface area contributed by atoms with E-state index in [1.807, 2.05) is 12.1 Å². The van der Waals surface area contributed by atoms with Crippen LogP contribution in [-0.4, -0.2) is 28.6 Å². The van der Waals surface area contributed by atoms with Crippen LogP contribution in [0.4, 0.5) is 0 Å². The number of nitrogens with zero attached hydrogens (tertiary/aromatic N) is 1. The van der Waals surface area contributed by atoms with Gasteiger partial charge in [0.25, 0.3) is 0 Å². The van der Waals surface area contributed by atoms with Gasteiger partial charge in [0.1, 0.15) is 17.1 Å². The zero-order valence-electron chi connectivity index (χ0n) is 15.4. The van der Waals surface area contributed by atoms with E-state index in [9.17, 15) is 5.11 Å². The number of furan rings is 1. The Bertz CT molecular complexity index is 795. The number of phenolic OH excluding ortho intramolecular Hbond substituents is 1. The molecule has 1 aromatic heterocycles. The molecular weight excluding hydrogens is 310 g/mol. The van der Waals surface area contributed by atoms with Gasteiger partial charge in [0.05, 0.1) is 0 Å². The van der Waals surface area contributed by atoms with Crippen molar-refractivity contribution in [2.24, 2.45) is 11.8 Å². The van der Waals surface area contributed by atoms with Gasteiger partial charge < -0.3 is 9.52 Å². The van der Waals surface area contributed by atoms with Crippen molar-refractivity contribution in [1.82, 2.24) is 4.90 Å². The minimum atomic E-state index is 0.351.